The molecule has 1 aromatic carbocycles. The smallest absolute Gasteiger partial charge is 0.487 e. The highest BCUT2D eigenvalue weighted by molar-refractivity contribution is 6.58. The van der Waals surface area contributed by atoms with Crippen LogP contribution in [0.3, 0.4) is 0 Å². The summed E-state index contributed by atoms with van der Waals surface area (Å²) in [6.07, 6.45) is 0. The van der Waals surface area contributed by atoms with Gasteiger partial charge in [-0.2, -0.15) is 5.10 Å². The van der Waals surface area contributed by atoms with Crippen molar-refractivity contribution in [1.82, 2.24) is 9.78 Å². The maximum atomic E-state index is 9.12. The van der Waals surface area contributed by atoms with Crippen LogP contribution >= 0.6 is 0 Å². The molecule has 20 heavy (non-hydrogen) atoms. The molecule has 0 amide bonds. The van der Waals surface area contributed by atoms with E-state index in [-0.39, 0.29) is 0 Å². The second kappa shape index (κ2) is 6.11. The van der Waals surface area contributed by atoms with E-state index < -0.39 is 7.12 Å². The van der Waals surface area contributed by atoms with E-state index in [1.807, 2.05) is 31.5 Å². The van der Waals surface area contributed by atoms with Crippen molar-refractivity contribution in [3.05, 3.63) is 41.2 Å². The quantitative estimate of drug-likeness (QED) is 0.791. The average Bonchev–Trinajstić information content (AvgIpc) is 2.77. The molecule has 5 nitrogen and oxygen atoms in total. The maximum absolute atomic E-state index is 9.12. The fourth-order valence-electron chi connectivity index (χ4n) is 2.14. The van der Waals surface area contributed by atoms with Crippen molar-refractivity contribution in [3.63, 3.8) is 0 Å². The van der Waals surface area contributed by atoms with E-state index in [2.05, 4.69) is 5.10 Å². The third-order valence-electron chi connectivity index (χ3n) is 3.16. The van der Waals surface area contributed by atoms with Gasteiger partial charge in [0.15, 0.2) is 0 Å². The van der Waals surface area contributed by atoms with Crippen LogP contribution in [0.15, 0.2) is 24.3 Å². The second-order valence-corrected chi connectivity index (χ2v) is 4.78. The normalized spacial score (nSPS) is 10.7. The predicted molar refractivity (Wildman–Crippen MR) is 78.0 cm³/mol. The molecule has 106 valence electrons. The first-order valence-corrected chi connectivity index (χ1v) is 6.64. The zero-order chi connectivity index (χ0) is 14.7. The van der Waals surface area contributed by atoms with Gasteiger partial charge in [-0.05, 0) is 43.9 Å². The van der Waals surface area contributed by atoms with E-state index in [0.717, 1.165) is 29.2 Å². The van der Waals surface area contributed by atoms with Crippen LogP contribution in [0.2, 0.25) is 0 Å². The van der Waals surface area contributed by atoms with E-state index in [9.17, 15) is 0 Å². The Hall–Kier alpha value is -1.79. The number of rotatable bonds is 5. The standard InChI is InChI=1S/C14H19BN2O3/c1-4-17-13(8-11(3)16-17)9-20-14-6-5-12(15(18)19)7-10(14)2/h5-8,18-19H,4,9H2,1-3H3. The maximum Gasteiger partial charge on any atom is 0.488 e. The van der Waals surface area contributed by atoms with Crippen LogP contribution in [-0.2, 0) is 13.2 Å². The number of hydrogen-bond donors (Lipinski definition) is 2. The minimum atomic E-state index is -1.45. The number of ether oxygens (including phenoxy) is 1. The van der Waals surface area contributed by atoms with Crippen LogP contribution < -0.4 is 10.2 Å². The SMILES string of the molecule is CCn1nc(C)cc1COc1ccc(B(O)O)cc1C. The van der Waals surface area contributed by atoms with E-state index >= 15 is 0 Å². The number of hydrogen-bond acceptors (Lipinski definition) is 4. The van der Waals surface area contributed by atoms with Gasteiger partial charge in [0.1, 0.15) is 12.4 Å². The number of aromatic nitrogens is 2. The van der Waals surface area contributed by atoms with Gasteiger partial charge in [0.05, 0.1) is 11.4 Å². The summed E-state index contributed by atoms with van der Waals surface area (Å²) in [4.78, 5) is 0. The lowest BCUT2D eigenvalue weighted by atomic mass is 9.79. The lowest BCUT2D eigenvalue weighted by Crippen LogP contribution is -2.29. The number of nitrogens with zero attached hydrogens (tertiary/aromatic N) is 2. The van der Waals surface area contributed by atoms with Crippen molar-refractivity contribution >= 4 is 12.6 Å². The molecule has 0 saturated heterocycles. The predicted octanol–water partition coefficient (Wildman–Crippen LogP) is 0.779. The highest BCUT2D eigenvalue weighted by Crippen LogP contribution is 2.17. The van der Waals surface area contributed by atoms with Crippen LogP contribution in [0.5, 0.6) is 5.75 Å². The molecule has 0 radical (unpaired) electrons. The van der Waals surface area contributed by atoms with Gasteiger partial charge in [-0.25, -0.2) is 0 Å². The molecular weight excluding hydrogens is 255 g/mol. The Labute approximate surface area is 119 Å². The molecule has 6 heteroatoms. The van der Waals surface area contributed by atoms with Crippen LogP contribution in [0.1, 0.15) is 23.9 Å². The van der Waals surface area contributed by atoms with Crippen molar-refractivity contribution in [2.24, 2.45) is 0 Å². The summed E-state index contributed by atoms with van der Waals surface area (Å²) in [7, 11) is -1.45. The molecule has 0 unspecified atom stereocenters. The molecule has 0 saturated carbocycles. The zero-order valence-corrected chi connectivity index (χ0v) is 12.0. The third-order valence-corrected chi connectivity index (χ3v) is 3.16. The van der Waals surface area contributed by atoms with Gasteiger partial charge in [0.25, 0.3) is 0 Å². The van der Waals surface area contributed by atoms with Gasteiger partial charge in [-0.15, -0.1) is 0 Å². The first kappa shape index (κ1) is 14.6. The summed E-state index contributed by atoms with van der Waals surface area (Å²) >= 11 is 0. The molecule has 1 heterocycles. The fraction of sp³-hybridized carbons (Fsp3) is 0.357. The first-order valence-electron chi connectivity index (χ1n) is 6.64. The Bertz CT molecular complexity index is 596. The first-order chi connectivity index (χ1) is 9.51. The van der Waals surface area contributed by atoms with Gasteiger partial charge in [0.2, 0.25) is 0 Å². The monoisotopic (exact) mass is 274 g/mol. The van der Waals surface area contributed by atoms with Gasteiger partial charge in [-0.1, -0.05) is 12.1 Å². The van der Waals surface area contributed by atoms with Crippen molar-refractivity contribution in [2.45, 2.75) is 33.9 Å². The molecule has 0 fully saturated rings. The Morgan fingerprint density at radius 1 is 1.25 bits per heavy atom. The van der Waals surface area contributed by atoms with Gasteiger partial charge in [-0.3, -0.25) is 4.68 Å². The average molecular weight is 274 g/mol. The topological polar surface area (TPSA) is 67.5 Å². The van der Waals surface area contributed by atoms with Crippen LogP contribution in [0.25, 0.3) is 0 Å². The Morgan fingerprint density at radius 3 is 2.60 bits per heavy atom. The highest BCUT2D eigenvalue weighted by atomic mass is 16.5. The molecule has 0 aliphatic carbocycles. The van der Waals surface area contributed by atoms with Crippen molar-refractivity contribution in [2.75, 3.05) is 0 Å². The fourth-order valence-corrected chi connectivity index (χ4v) is 2.14. The van der Waals surface area contributed by atoms with Crippen LogP contribution in [0.4, 0.5) is 0 Å². The molecule has 0 spiro atoms. The number of aryl methyl sites for hydroxylation is 3. The molecular formula is C14H19BN2O3. The van der Waals surface area contributed by atoms with Crippen molar-refractivity contribution < 1.29 is 14.8 Å². The van der Waals surface area contributed by atoms with Crippen molar-refractivity contribution in [1.29, 1.82) is 0 Å². The van der Waals surface area contributed by atoms with Gasteiger partial charge < -0.3 is 14.8 Å². The second-order valence-electron chi connectivity index (χ2n) is 4.78. The molecule has 0 aliphatic rings. The highest BCUT2D eigenvalue weighted by Gasteiger charge is 2.13. The minimum absolute atomic E-state index is 0.441. The summed E-state index contributed by atoms with van der Waals surface area (Å²) in [5.41, 5.74) is 3.33. The molecule has 0 bridgehead atoms. The van der Waals surface area contributed by atoms with Crippen molar-refractivity contribution in [3.8, 4) is 5.75 Å². The molecule has 2 rings (SSSR count). The molecule has 2 N–H and O–H groups in total. The molecule has 0 atom stereocenters. The summed E-state index contributed by atoms with van der Waals surface area (Å²) in [5, 5.41) is 22.6. The largest absolute Gasteiger partial charge is 0.488 e. The zero-order valence-electron chi connectivity index (χ0n) is 12.0. The van der Waals surface area contributed by atoms with E-state index in [4.69, 9.17) is 14.8 Å². The van der Waals surface area contributed by atoms with E-state index in [1.54, 1.807) is 18.2 Å². The number of benzene rings is 1. The molecule has 2 aromatic rings. The Morgan fingerprint density at radius 2 is 2.00 bits per heavy atom. The lowest BCUT2D eigenvalue weighted by Gasteiger charge is -2.11. The van der Waals surface area contributed by atoms with Crippen LogP contribution in [-0.4, -0.2) is 26.9 Å². The third kappa shape index (κ3) is 3.21. The summed E-state index contributed by atoms with van der Waals surface area (Å²) < 4.78 is 7.70. The van der Waals surface area contributed by atoms with Gasteiger partial charge in [0, 0.05) is 6.54 Å². The summed E-state index contributed by atoms with van der Waals surface area (Å²) in [5.74, 6) is 0.732. The van der Waals surface area contributed by atoms with E-state index in [0.29, 0.717) is 12.1 Å². The Balaban J connectivity index is 2.10. The van der Waals surface area contributed by atoms with Crippen LogP contribution in [0, 0.1) is 13.8 Å². The molecule has 0 aliphatic heterocycles. The van der Waals surface area contributed by atoms with E-state index in [1.165, 1.54) is 0 Å². The summed E-state index contributed by atoms with van der Waals surface area (Å²) in [6, 6.07) is 7.12. The Kier molecular flexibility index (Phi) is 4.47. The summed E-state index contributed by atoms with van der Waals surface area (Å²) in [6.45, 7) is 7.12. The minimum Gasteiger partial charge on any atom is -0.487 e. The lowest BCUT2D eigenvalue weighted by molar-refractivity contribution is 0.290. The van der Waals surface area contributed by atoms with Gasteiger partial charge >= 0.3 is 7.12 Å². The molecule has 1 aromatic heterocycles.